The average Bonchev–Trinajstić information content (AvgIpc) is 2.86. The number of ether oxygens (including phenoxy) is 1. The van der Waals surface area contributed by atoms with Crippen molar-refractivity contribution in [2.24, 2.45) is 0 Å². The van der Waals surface area contributed by atoms with Crippen LogP contribution in [-0.2, 0) is 26.2 Å². The van der Waals surface area contributed by atoms with Crippen molar-refractivity contribution in [1.29, 1.82) is 0 Å². The molecule has 9 heteroatoms. The molecule has 0 aliphatic rings. The Morgan fingerprint density at radius 1 is 1.06 bits per heavy atom. The van der Waals surface area contributed by atoms with Crippen LogP contribution < -0.4 is 10.1 Å². The van der Waals surface area contributed by atoms with Gasteiger partial charge in [-0.15, -0.1) is 0 Å². The van der Waals surface area contributed by atoms with Gasteiger partial charge in [0.2, 0.25) is 21.8 Å². The van der Waals surface area contributed by atoms with Gasteiger partial charge >= 0.3 is 0 Å². The zero-order chi connectivity index (χ0) is 25.1. The molecule has 2 rings (SSSR count). The molecule has 34 heavy (non-hydrogen) atoms. The Labute approximate surface area is 202 Å². The lowest BCUT2D eigenvalue weighted by atomic mass is 10.1. The summed E-state index contributed by atoms with van der Waals surface area (Å²) in [5.74, 6) is 0.283. The number of hydrogen-bond acceptors (Lipinski definition) is 5. The molecule has 1 unspecified atom stereocenters. The highest BCUT2D eigenvalue weighted by Crippen LogP contribution is 2.17. The molecule has 2 amide bonds. The Hall–Kier alpha value is -2.91. The molecule has 0 bridgehead atoms. The third-order valence-electron chi connectivity index (χ3n) is 5.54. The van der Waals surface area contributed by atoms with Gasteiger partial charge in [-0.1, -0.05) is 37.3 Å². The van der Waals surface area contributed by atoms with Gasteiger partial charge in [0.25, 0.3) is 0 Å². The standard InChI is InChI=1S/C25H35N3O5S/c1-5-17-26-25(30)20(2)28(19-21-13-15-22(33-4)16-14-21)24(29)12-9-18-27(3)34(31,32)23-10-7-6-8-11-23/h6-8,10-11,13-16,20H,5,9,12,17-19H2,1-4H3,(H,26,30). The summed E-state index contributed by atoms with van der Waals surface area (Å²) >= 11 is 0. The van der Waals surface area contributed by atoms with E-state index in [0.29, 0.717) is 18.7 Å². The Balaban J connectivity index is 2.06. The SMILES string of the molecule is CCCNC(=O)C(C)N(Cc1ccc(OC)cc1)C(=O)CCCN(C)S(=O)(=O)c1ccccc1. The average molecular weight is 490 g/mol. The van der Waals surface area contributed by atoms with Crippen LogP contribution in [0.3, 0.4) is 0 Å². The number of nitrogens with zero attached hydrogens (tertiary/aromatic N) is 2. The van der Waals surface area contributed by atoms with Crippen molar-refractivity contribution in [1.82, 2.24) is 14.5 Å². The van der Waals surface area contributed by atoms with E-state index < -0.39 is 16.1 Å². The highest BCUT2D eigenvalue weighted by atomic mass is 32.2. The molecule has 0 saturated heterocycles. The van der Waals surface area contributed by atoms with Crippen LogP contribution in [0.15, 0.2) is 59.5 Å². The molecule has 186 valence electrons. The summed E-state index contributed by atoms with van der Waals surface area (Å²) in [5, 5.41) is 2.84. The van der Waals surface area contributed by atoms with E-state index in [2.05, 4.69) is 5.32 Å². The van der Waals surface area contributed by atoms with E-state index in [1.165, 1.54) is 11.4 Å². The fraction of sp³-hybridized carbons (Fsp3) is 0.440. The molecular weight excluding hydrogens is 454 g/mol. The number of amides is 2. The third-order valence-corrected chi connectivity index (χ3v) is 7.41. The Kier molecular flexibility index (Phi) is 10.5. The molecule has 2 aromatic carbocycles. The fourth-order valence-electron chi connectivity index (χ4n) is 3.40. The summed E-state index contributed by atoms with van der Waals surface area (Å²) in [7, 11) is -0.534. The molecule has 0 aromatic heterocycles. The molecule has 0 fully saturated rings. The first-order valence-electron chi connectivity index (χ1n) is 11.4. The number of rotatable bonds is 13. The first-order valence-corrected chi connectivity index (χ1v) is 12.9. The molecule has 0 aliphatic carbocycles. The van der Waals surface area contributed by atoms with Crippen LogP contribution in [0.1, 0.15) is 38.7 Å². The Bertz CT molecular complexity index is 1030. The zero-order valence-corrected chi connectivity index (χ0v) is 21.2. The van der Waals surface area contributed by atoms with Gasteiger partial charge in [-0.2, -0.15) is 0 Å². The number of hydrogen-bond donors (Lipinski definition) is 1. The minimum atomic E-state index is -3.62. The van der Waals surface area contributed by atoms with Gasteiger partial charge in [0.1, 0.15) is 11.8 Å². The van der Waals surface area contributed by atoms with E-state index in [4.69, 9.17) is 4.74 Å². The quantitative estimate of drug-likeness (QED) is 0.467. The first kappa shape index (κ1) is 27.3. The maximum Gasteiger partial charge on any atom is 0.242 e. The van der Waals surface area contributed by atoms with Crippen LogP contribution in [0.2, 0.25) is 0 Å². The lowest BCUT2D eigenvalue weighted by Gasteiger charge is -2.29. The highest BCUT2D eigenvalue weighted by Gasteiger charge is 2.26. The second kappa shape index (κ2) is 13.1. The Morgan fingerprint density at radius 2 is 1.71 bits per heavy atom. The maximum absolute atomic E-state index is 13.1. The first-order chi connectivity index (χ1) is 16.2. The number of sulfonamides is 1. The molecule has 1 N–H and O–H groups in total. The van der Waals surface area contributed by atoms with Crippen molar-refractivity contribution in [3.05, 3.63) is 60.2 Å². The number of carbonyl (C=O) groups excluding carboxylic acids is 2. The van der Waals surface area contributed by atoms with Gasteiger partial charge < -0.3 is 15.0 Å². The molecule has 0 aliphatic heterocycles. The molecule has 1 atom stereocenters. The summed E-state index contributed by atoms with van der Waals surface area (Å²) < 4.78 is 31.8. The second-order valence-corrected chi connectivity index (χ2v) is 10.1. The van der Waals surface area contributed by atoms with Crippen LogP contribution in [0.5, 0.6) is 5.75 Å². The van der Waals surface area contributed by atoms with Crippen LogP contribution in [0, 0.1) is 0 Å². The second-order valence-electron chi connectivity index (χ2n) is 8.08. The molecule has 2 aromatic rings. The van der Waals surface area contributed by atoms with Gasteiger partial charge in [-0.3, -0.25) is 9.59 Å². The fourth-order valence-corrected chi connectivity index (χ4v) is 4.63. The number of carbonyl (C=O) groups is 2. The molecule has 0 heterocycles. The van der Waals surface area contributed by atoms with E-state index in [9.17, 15) is 18.0 Å². The zero-order valence-electron chi connectivity index (χ0n) is 20.4. The van der Waals surface area contributed by atoms with Crippen molar-refractivity contribution in [3.63, 3.8) is 0 Å². The van der Waals surface area contributed by atoms with Crippen LogP contribution in [0.25, 0.3) is 0 Å². The maximum atomic E-state index is 13.1. The van der Waals surface area contributed by atoms with E-state index >= 15 is 0 Å². The van der Waals surface area contributed by atoms with Crippen LogP contribution in [-0.4, -0.2) is 62.7 Å². The minimum absolute atomic E-state index is 0.121. The lowest BCUT2D eigenvalue weighted by molar-refractivity contribution is -0.140. The summed E-state index contributed by atoms with van der Waals surface area (Å²) in [6.45, 7) is 4.66. The number of benzene rings is 2. The van der Waals surface area contributed by atoms with Gasteiger partial charge in [0, 0.05) is 33.1 Å². The largest absolute Gasteiger partial charge is 0.497 e. The highest BCUT2D eigenvalue weighted by molar-refractivity contribution is 7.89. The molecule has 0 spiro atoms. The van der Waals surface area contributed by atoms with Gasteiger partial charge in [0.15, 0.2) is 0 Å². The van der Waals surface area contributed by atoms with Gasteiger partial charge in [-0.05, 0) is 49.6 Å². The number of methoxy groups -OCH3 is 1. The van der Waals surface area contributed by atoms with Gasteiger partial charge in [0.05, 0.1) is 12.0 Å². The van der Waals surface area contributed by atoms with Crippen LogP contribution in [0.4, 0.5) is 0 Å². The Morgan fingerprint density at radius 3 is 2.29 bits per heavy atom. The van der Waals surface area contributed by atoms with E-state index in [1.54, 1.807) is 49.3 Å². The smallest absolute Gasteiger partial charge is 0.242 e. The lowest BCUT2D eigenvalue weighted by Crippen LogP contribution is -2.47. The molecule has 0 radical (unpaired) electrons. The van der Waals surface area contributed by atoms with E-state index in [-0.39, 0.29) is 36.2 Å². The van der Waals surface area contributed by atoms with Crippen LogP contribution >= 0.6 is 0 Å². The van der Waals surface area contributed by atoms with Crippen molar-refractivity contribution < 1.29 is 22.7 Å². The minimum Gasteiger partial charge on any atom is -0.497 e. The normalized spacial score (nSPS) is 12.3. The number of nitrogens with one attached hydrogen (secondary N) is 1. The summed E-state index contributed by atoms with van der Waals surface area (Å²) in [5.41, 5.74) is 0.869. The molecule has 0 saturated carbocycles. The summed E-state index contributed by atoms with van der Waals surface area (Å²) in [4.78, 5) is 27.5. The monoisotopic (exact) mass is 489 g/mol. The topological polar surface area (TPSA) is 96.0 Å². The van der Waals surface area contributed by atoms with Crippen molar-refractivity contribution in [2.45, 2.75) is 50.6 Å². The molecule has 8 nitrogen and oxygen atoms in total. The van der Waals surface area contributed by atoms with Crippen molar-refractivity contribution in [2.75, 3.05) is 27.2 Å². The third kappa shape index (κ3) is 7.56. The van der Waals surface area contributed by atoms with E-state index in [1.807, 2.05) is 31.2 Å². The predicted octanol–water partition coefficient (Wildman–Crippen LogP) is 3.04. The summed E-state index contributed by atoms with van der Waals surface area (Å²) in [6.07, 6.45) is 1.26. The summed E-state index contributed by atoms with van der Waals surface area (Å²) in [6, 6.07) is 14.9. The van der Waals surface area contributed by atoms with Crippen molar-refractivity contribution in [3.8, 4) is 5.75 Å². The van der Waals surface area contributed by atoms with E-state index in [0.717, 1.165) is 12.0 Å². The van der Waals surface area contributed by atoms with Crippen molar-refractivity contribution >= 4 is 21.8 Å². The van der Waals surface area contributed by atoms with Gasteiger partial charge in [-0.25, -0.2) is 12.7 Å². The predicted molar refractivity (Wildman–Crippen MR) is 132 cm³/mol. The molecular formula is C25H35N3O5S.